The summed E-state index contributed by atoms with van der Waals surface area (Å²) in [5, 5.41) is 0. The summed E-state index contributed by atoms with van der Waals surface area (Å²) in [5.41, 5.74) is 8.25. The molecule has 0 saturated heterocycles. The third kappa shape index (κ3) is 3.33. The van der Waals surface area contributed by atoms with Crippen molar-refractivity contribution in [1.82, 2.24) is 4.31 Å². The number of ether oxygens (including phenoxy) is 1. The Balaban J connectivity index is 2.08. The third-order valence-electron chi connectivity index (χ3n) is 4.48. The number of hydrogen-bond donors (Lipinski definition) is 3. The van der Waals surface area contributed by atoms with Crippen molar-refractivity contribution in [1.29, 1.82) is 0 Å². The van der Waals surface area contributed by atoms with Gasteiger partial charge in [-0.3, -0.25) is 9.11 Å². The molecule has 2 aromatic rings. The van der Waals surface area contributed by atoms with Crippen LogP contribution in [0.1, 0.15) is 18.9 Å². The van der Waals surface area contributed by atoms with Crippen molar-refractivity contribution in [3.05, 3.63) is 54.1 Å². The highest BCUT2D eigenvalue weighted by molar-refractivity contribution is 8.23. The summed E-state index contributed by atoms with van der Waals surface area (Å²) in [6.07, 6.45) is 0.689. The molecule has 25 heavy (non-hydrogen) atoms. The van der Waals surface area contributed by atoms with Crippen molar-refractivity contribution in [3.8, 4) is 5.75 Å². The molecule has 4 N–H and O–H groups in total. The van der Waals surface area contributed by atoms with Gasteiger partial charge in [0.05, 0.1) is 18.5 Å². The monoisotopic (exact) mass is 363 g/mol. The average Bonchev–Trinajstić information content (AvgIpc) is 2.61. The zero-order chi connectivity index (χ0) is 18.0. The maximum absolute atomic E-state index is 11.1. The first-order chi connectivity index (χ1) is 12.0. The van der Waals surface area contributed by atoms with Crippen LogP contribution in [0.15, 0.2) is 48.5 Å². The highest BCUT2D eigenvalue weighted by atomic mass is 32.3. The fourth-order valence-electron chi connectivity index (χ4n) is 3.11. The molecular weight excluding hydrogens is 338 g/mol. The van der Waals surface area contributed by atoms with E-state index in [2.05, 4.69) is 0 Å². The molecule has 1 atom stereocenters. The lowest BCUT2D eigenvalue weighted by Gasteiger charge is -2.55. The minimum Gasteiger partial charge on any atom is -0.497 e. The molecule has 1 aliphatic rings. The molecule has 0 amide bonds. The first-order valence-corrected chi connectivity index (χ1v) is 9.72. The smallest absolute Gasteiger partial charge is 0.119 e. The molecule has 0 fully saturated rings. The van der Waals surface area contributed by atoms with Crippen molar-refractivity contribution in [2.45, 2.75) is 25.9 Å². The van der Waals surface area contributed by atoms with E-state index in [1.165, 1.54) is 0 Å². The maximum atomic E-state index is 11.1. The van der Waals surface area contributed by atoms with E-state index in [0.29, 0.717) is 25.2 Å². The normalized spacial score (nSPS) is 19.2. The Morgan fingerprint density at radius 2 is 1.84 bits per heavy atom. The number of hydrogen-bond acceptors (Lipinski definition) is 6. The molecule has 0 saturated carbocycles. The summed E-state index contributed by atoms with van der Waals surface area (Å²) in [7, 11) is -1.60. The van der Waals surface area contributed by atoms with Gasteiger partial charge < -0.3 is 10.5 Å². The number of rotatable bonds is 5. The van der Waals surface area contributed by atoms with E-state index in [1.807, 2.05) is 55.5 Å². The van der Waals surface area contributed by atoms with Crippen LogP contribution >= 0.6 is 11.0 Å². The molecule has 0 aromatic heterocycles. The Morgan fingerprint density at radius 1 is 1.16 bits per heavy atom. The number of methoxy groups -OCH3 is 1. The van der Waals surface area contributed by atoms with Crippen LogP contribution < -0.4 is 14.8 Å². The molecule has 2 aromatic carbocycles. The van der Waals surface area contributed by atoms with E-state index in [0.717, 1.165) is 17.0 Å². The van der Waals surface area contributed by atoms with Gasteiger partial charge in [0, 0.05) is 12.6 Å². The Labute approximate surface area is 150 Å². The molecular formula is C18H25N3O3S. The Kier molecular flexibility index (Phi) is 5.21. The van der Waals surface area contributed by atoms with Gasteiger partial charge in [0.15, 0.2) is 0 Å². The number of para-hydroxylation sites is 1. The summed E-state index contributed by atoms with van der Waals surface area (Å²) >= 11 is 0. The number of nitrogens with zero attached hydrogens (tertiary/aromatic N) is 2. The van der Waals surface area contributed by atoms with Crippen LogP contribution in [0.5, 0.6) is 5.75 Å². The molecule has 1 aliphatic heterocycles. The topological polar surface area (TPSA) is 82.2 Å². The van der Waals surface area contributed by atoms with Crippen molar-refractivity contribution >= 4 is 22.3 Å². The fraction of sp³-hybridized carbons (Fsp3) is 0.333. The molecule has 1 unspecified atom stereocenters. The van der Waals surface area contributed by atoms with Gasteiger partial charge in [0.1, 0.15) is 5.75 Å². The highest BCUT2D eigenvalue weighted by Crippen LogP contribution is 2.59. The summed E-state index contributed by atoms with van der Waals surface area (Å²) in [6, 6.07) is 15.1. The molecule has 6 nitrogen and oxygen atoms in total. The predicted molar refractivity (Wildman–Crippen MR) is 103 cm³/mol. The van der Waals surface area contributed by atoms with Gasteiger partial charge in [-0.1, -0.05) is 18.2 Å². The quantitative estimate of drug-likeness (QED) is 0.746. The summed E-state index contributed by atoms with van der Waals surface area (Å²) < 4.78 is 30.8. The van der Waals surface area contributed by atoms with Crippen molar-refractivity contribution in [2.75, 3.05) is 18.0 Å². The fourth-order valence-corrected chi connectivity index (χ4v) is 5.07. The molecule has 0 aliphatic carbocycles. The van der Waals surface area contributed by atoms with Crippen LogP contribution in [0.2, 0.25) is 0 Å². The predicted octanol–water partition coefficient (Wildman–Crippen LogP) is 3.97. The Hall–Kier alpha value is -1.77. The van der Waals surface area contributed by atoms with Crippen LogP contribution in [0.3, 0.4) is 0 Å². The molecule has 7 heteroatoms. The lowest BCUT2D eigenvalue weighted by atomic mass is 10.1. The number of benzene rings is 2. The molecule has 0 radical (unpaired) electrons. The van der Waals surface area contributed by atoms with E-state index in [4.69, 9.17) is 10.5 Å². The zero-order valence-electron chi connectivity index (χ0n) is 14.5. The van der Waals surface area contributed by atoms with E-state index in [1.54, 1.807) is 15.7 Å². The van der Waals surface area contributed by atoms with E-state index in [-0.39, 0.29) is 6.04 Å². The average molecular weight is 363 g/mol. The lowest BCUT2D eigenvalue weighted by molar-refractivity contribution is 0.274. The molecule has 1 heterocycles. The van der Waals surface area contributed by atoms with Crippen molar-refractivity contribution in [3.63, 3.8) is 0 Å². The second kappa shape index (κ2) is 7.23. The van der Waals surface area contributed by atoms with Crippen LogP contribution in [0, 0.1) is 0 Å². The first-order valence-electron chi connectivity index (χ1n) is 8.26. The second-order valence-corrected chi connectivity index (χ2v) is 7.93. The Bertz CT molecular complexity index is 724. The van der Waals surface area contributed by atoms with E-state index >= 15 is 0 Å². The van der Waals surface area contributed by atoms with Crippen LogP contribution in [0.4, 0.5) is 11.4 Å². The minimum absolute atomic E-state index is 0.0518. The van der Waals surface area contributed by atoms with E-state index in [9.17, 15) is 9.11 Å². The van der Waals surface area contributed by atoms with E-state index < -0.39 is 11.0 Å². The molecule has 3 rings (SSSR count). The molecule has 136 valence electrons. The second-order valence-electron chi connectivity index (χ2n) is 6.11. The zero-order valence-corrected chi connectivity index (χ0v) is 15.3. The summed E-state index contributed by atoms with van der Waals surface area (Å²) in [5.74, 6) is 0.721. The molecule has 0 spiro atoms. The standard InChI is InChI=1S/C18H25N3O3S/c1-14(11-12-19)20-13-15-5-3-4-6-18(15)21(25(20,22)23)16-7-9-17(24-2)10-8-16/h3-10,14,22-23H,11-13,19H2,1-2H3. The van der Waals surface area contributed by atoms with Gasteiger partial charge in [-0.05, 0) is 66.7 Å². The van der Waals surface area contributed by atoms with Gasteiger partial charge in [-0.15, -0.1) is 0 Å². The summed E-state index contributed by atoms with van der Waals surface area (Å²) in [6.45, 7) is 2.95. The number of fused-ring (bicyclic) bond motifs is 1. The summed E-state index contributed by atoms with van der Waals surface area (Å²) in [4.78, 5) is 0. The van der Waals surface area contributed by atoms with Gasteiger partial charge in [-0.25, -0.2) is 4.31 Å². The van der Waals surface area contributed by atoms with Crippen LogP contribution in [0.25, 0.3) is 0 Å². The van der Waals surface area contributed by atoms with Crippen molar-refractivity contribution in [2.24, 2.45) is 5.73 Å². The largest absolute Gasteiger partial charge is 0.497 e. The van der Waals surface area contributed by atoms with Crippen LogP contribution in [-0.2, 0) is 6.54 Å². The first kappa shape index (κ1) is 18.0. The lowest BCUT2D eigenvalue weighted by Crippen LogP contribution is -2.46. The molecule has 0 bridgehead atoms. The number of anilines is 2. The van der Waals surface area contributed by atoms with Gasteiger partial charge in [0.25, 0.3) is 0 Å². The van der Waals surface area contributed by atoms with Gasteiger partial charge in [0.2, 0.25) is 0 Å². The number of nitrogens with two attached hydrogens (primary N) is 1. The van der Waals surface area contributed by atoms with Crippen LogP contribution in [-0.4, -0.2) is 33.1 Å². The maximum Gasteiger partial charge on any atom is 0.119 e. The highest BCUT2D eigenvalue weighted by Gasteiger charge is 2.40. The third-order valence-corrected chi connectivity index (χ3v) is 6.49. The van der Waals surface area contributed by atoms with Crippen molar-refractivity contribution < 1.29 is 13.8 Å². The SMILES string of the molecule is COc1ccc(N2c3ccccc3CN(C(C)CCN)S2(O)O)cc1. The Morgan fingerprint density at radius 3 is 2.48 bits per heavy atom. The minimum atomic E-state index is -3.20. The van der Waals surface area contributed by atoms with Gasteiger partial charge >= 0.3 is 0 Å². The van der Waals surface area contributed by atoms with Gasteiger partial charge in [-0.2, -0.15) is 4.31 Å².